The fraction of sp³-hybridized carbons (Fsp3) is 0.278. The molecule has 0 saturated heterocycles. The number of nitrogens with two attached hydrogens (primary N) is 1. The number of benzene rings is 2. The molecule has 0 radical (unpaired) electrons. The molecule has 2 aromatic rings. The van der Waals surface area contributed by atoms with Crippen LogP contribution in [0.25, 0.3) is 0 Å². The number of aliphatic imine (C=N–C) groups is 1. The summed E-state index contributed by atoms with van der Waals surface area (Å²) in [6.07, 6.45) is -4.38. The van der Waals surface area contributed by atoms with Crippen molar-refractivity contribution in [3.63, 3.8) is 0 Å². The van der Waals surface area contributed by atoms with Gasteiger partial charge in [-0.2, -0.15) is 13.2 Å². The zero-order chi connectivity index (χ0) is 19.0. The quantitative estimate of drug-likeness (QED) is 0.341. The summed E-state index contributed by atoms with van der Waals surface area (Å²) in [5.41, 5.74) is 8.27. The molecule has 0 aliphatic heterocycles. The maximum Gasteiger partial charge on any atom is 0.422 e. The third-order valence-corrected chi connectivity index (χ3v) is 3.31. The summed E-state index contributed by atoms with van der Waals surface area (Å²) < 4.78 is 46.5. The van der Waals surface area contributed by atoms with E-state index in [9.17, 15) is 13.2 Å². The molecule has 0 spiro atoms. The Morgan fingerprint density at radius 1 is 1.15 bits per heavy atom. The van der Waals surface area contributed by atoms with E-state index in [2.05, 4.69) is 10.3 Å². The fourth-order valence-corrected chi connectivity index (χ4v) is 2.18. The van der Waals surface area contributed by atoms with Gasteiger partial charge in [-0.3, -0.25) is 0 Å². The van der Waals surface area contributed by atoms with E-state index in [1.807, 2.05) is 24.3 Å². The third-order valence-electron chi connectivity index (χ3n) is 3.31. The number of rotatable bonds is 7. The van der Waals surface area contributed by atoms with Crippen LogP contribution in [0.1, 0.15) is 11.1 Å². The second-order valence-electron chi connectivity index (χ2n) is 5.47. The molecule has 0 saturated carbocycles. The van der Waals surface area contributed by atoms with Gasteiger partial charge in [0.25, 0.3) is 0 Å². The molecule has 0 unspecified atom stereocenters. The lowest BCUT2D eigenvalue weighted by Gasteiger charge is -2.11. The average molecular weight is 495 g/mol. The molecule has 0 amide bonds. The second kappa shape index (κ2) is 11.0. The van der Waals surface area contributed by atoms with Crippen LogP contribution in [-0.2, 0) is 17.9 Å². The largest absolute Gasteiger partial charge is 0.484 e. The zero-order valence-corrected chi connectivity index (χ0v) is 17.0. The summed E-state index contributed by atoms with van der Waals surface area (Å²) in [4.78, 5) is 4.21. The molecule has 148 valence electrons. The Morgan fingerprint density at radius 3 is 2.59 bits per heavy atom. The van der Waals surface area contributed by atoms with Gasteiger partial charge in [0.15, 0.2) is 12.6 Å². The normalized spacial score (nSPS) is 11.6. The number of halogens is 4. The minimum atomic E-state index is -4.38. The molecule has 0 bridgehead atoms. The van der Waals surface area contributed by atoms with Gasteiger partial charge in [-0.15, -0.1) is 24.0 Å². The highest BCUT2D eigenvalue weighted by Crippen LogP contribution is 2.20. The molecule has 0 aromatic heterocycles. The van der Waals surface area contributed by atoms with Gasteiger partial charge in [0.1, 0.15) is 5.75 Å². The van der Waals surface area contributed by atoms with E-state index in [1.54, 1.807) is 19.2 Å². The minimum Gasteiger partial charge on any atom is -0.484 e. The van der Waals surface area contributed by atoms with Crippen molar-refractivity contribution in [2.45, 2.75) is 19.3 Å². The predicted octanol–water partition coefficient (Wildman–Crippen LogP) is 4.32. The number of anilines is 1. The van der Waals surface area contributed by atoms with E-state index in [-0.39, 0.29) is 42.2 Å². The predicted molar refractivity (Wildman–Crippen MR) is 110 cm³/mol. The molecule has 0 aliphatic rings. The van der Waals surface area contributed by atoms with Crippen LogP contribution in [0, 0.1) is 0 Å². The molecule has 2 aromatic carbocycles. The Kier molecular flexibility index (Phi) is 9.36. The van der Waals surface area contributed by atoms with E-state index in [0.717, 1.165) is 11.3 Å². The van der Waals surface area contributed by atoms with Gasteiger partial charge < -0.3 is 20.5 Å². The number of nitrogens with zero attached hydrogens (tertiary/aromatic N) is 1. The highest BCUT2D eigenvalue weighted by molar-refractivity contribution is 14.0. The van der Waals surface area contributed by atoms with Crippen LogP contribution in [0.15, 0.2) is 53.5 Å². The van der Waals surface area contributed by atoms with Crippen molar-refractivity contribution in [2.75, 3.05) is 19.0 Å². The Hall–Kier alpha value is -2.01. The number of guanidine groups is 1. The molecular formula is C18H21F3IN3O2. The van der Waals surface area contributed by atoms with Crippen LogP contribution in [0.4, 0.5) is 18.9 Å². The van der Waals surface area contributed by atoms with Crippen molar-refractivity contribution in [3.8, 4) is 5.75 Å². The summed E-state index contributed by atoms with van der Waals surface area (Å²) >= 11 is 0. The van der Waals surface area contributed by atoms with E-state index < -0.39 is 12.8 Å². The first kappa shape index (κ1) is 23.0. The van der Waals surface area contributed by atoms with Crippen molar-refractivity contribution in [1.29, 1.82) is 0 Å². The van der Waals surface area contributed by atoms with Gasteiger partial charge >= 0.3 is 6.18 Å². The topological polar surface area (TPSA) is 68.9 Å². The van der Waals surface area contributed by atoms with Crippen LogP contribution < -0.4 is 15.8 Å². The minimum absolute atomic E-state index is 0. The first-order valence-electron chi connectivity index (χ1n) is 7.79. The zero-order valence-electron chi connectivity index (χ0n) is 14.6. The van der Waals surface area contributed by atoms with Gasteiger partial charge in [-0.05, 0) is 23.8 Å². The maximum atomic E-state index is 12.2. The van der Waals surface area contributed by atoms with Gasteiger partial charge in [-0.25, -0.2) is 4.99 Å². The van der Waals surface area contributed by atoms with Gasteiger partial charge in [0.05, 0.1) is 13.2 Å². The number of hydrogen-bond donors (Lipinski definition) is 2. The molecular weight excluding hydrogens is 474 g/mol. The van der Waals surface area contributed by atoms with Crippen LogP contribution in [-0.4, -0.2) is 25.9 Å². The Labute approximate surface area is 172 Å². The monoisotopic (exact) mass is 495 g/mol. The van der Waals surface area contributed by atoms with Gasteiger partial charge in [0.2, 0.25) is 0 Å². The first-order chi connectivity index (χ1) is 12.4. The fourth-order valence-electron chi connectivity index (χ4n) is 2.18. The summed E-state index contributed by atoms with van der Waals surface area (Å²) in [6, 6.07) is 13.8. The van der Waals surface area contributed by atoms with E-state index >= 15 is 0 Å². The van der Waals surface area contributed by atoms with Gasteiger partial charge in [-0.1, -0.05) is 30.3 Å². The van der Waals surface area contributed by atoms with Crippen molar-refractivity contribution in [1.82, 2.24) is 0 Å². The molecule has 0 heterocycles. The summed E-state index contributed by atoms with van der Waals surface area (Å²) in [7, 11) is 1.60. The standard InChI is InChI=1S/C18H20F3N3O2.HI/c1-25-11-14-6-2-3-8-16(14)24-17(22)23-10-13-5-4-7-15(9-13)26-12-18(19,20)21;/h2-9H,10-12H2,1H3,(H3,22,23,24);1H. The Morgan fingerprint density at radius 2 is 1.89 bits per heavy atom. The summed E-state index contributed by atoms with van der Waals surface area (Å²) in [6.45, 7) is -0.705. The lowest BCUT2D eigenvalue weighted by molar-refractivity contribution is -0.153. The lowest BCUT2D eigenvalue weighted by Crippen LogP contribution is -2.23. The third kappa shape index (κ3) is 8.48. The highest BCUT2D eigenvalue weighted by atomic mass is 127. The number of alkyl halides is 3. The molecule has 9 heteroatoms. The van der Waals surface area contributed by atoms with Crippen molar-refractivity contribution >= 4 is 35.6 Å². The highest BCUT2D eigenvalue weighted by Gasteiger charge is 2.28. The molecule has 0 aliphatic carbocycles. The Balaban J connectivity index is 0.00000364. The number of hydrogen-bond acceptors (Lipinski definition) is 3. The average Bonchev–Trinajstić information content (AvgIpc) is 2.60. The van der Waals surface area contributed by atoms with E-state index in [1.165, 1.54) is 12.1 Å². The SMILES string of the molecule is COCc1ccccc1NC(N)=NCc1cccc(OCC(F)(F)F)c1.I. The molecule has 0 atom stereocenters. The molecule has 3 N–H and O–H groups in total. The van der Waals surface area contributed by atoms with Crippen LogP contribution >= 0.6 is 24.0 Å². The number of nitrogens with one attached hydrogen (secondary N) is 1. The lowest BCUT2D eigenvalue weighted by atomic mass is 10.2. The number of para-hydroxylation sites is 1. The Bertz CT molecular complexity index is 755. The number of ether oxygens (including phenoxy) is 2. The van der Waals surface area contributed by atoms with Crippen LogP contribution in [0.5, 0.6) is 5.75 Å². The van der Waals surface area contributed by atoms with Crippen LogP contribution in [0.3, 0.4) is 0 Å². The summed E-state index contributed by atoms with van der Waals surface area (Å²) in [5.74, 6) is 0.321. The summed E-state index contributed by atoms with van der Waals surface area (Å²) in [5, 5.41) is 2.99. The molecule has 5 nitrogen and oxygen atoms in total. The molecule has 2 rings (SSSR count). The van der Waals surface area contributed by atoms with E-state index in [4.69, 9.17) is 15.2 Å². The van der Waals surface area contributed by atoms with Crippen LogP contribution in [0.2, 0.25) is 0 Å². The van der Waals surface area contributed by atoms with Crippen molar-refractivity contribution in [2.24, 2.45) is 10.7 Å². The second-order valence-corrected chi connectivity index (χ2v) is 5.47. The van der Waals surface area contributed by atoms with Gasteiger partial charge in [0, 0.05) is 18.4 Å². The maximum absolute atomic E-state index is 12.2. The first-order valence-corrected chi connectivity index (χ1v) is 7.79. The van der Waals surface area contributed by atoms with Crippen molar-refractivity contribution < 1.29 is 22.6 Å². The van der Waals surface area contributed by atoms with Crippen molar-refractivity contribution in [3.05, 3.63) is 59.7 Å². The molecule has 0 fully saturated rings. The number of methoxy groups -OCH3 is 1. The van der Waals surface area contributed by atoms with E-state index in [0.29, 0.717) is 12.2 Å². The molecule has 27 heavy (non-hydrogen) atoms. The smallest absolute Gasteiger partial charge is 0.422 e.